The largest absolute Gasteiger partial charge is 0.336 e. The van der Waals surface area contributed by atoms with E-state index in [1.54, 1.807) is 0 Å². The van der Waals surface area contributed by atoms with E-state index < -0.39 is 0 Å². The minimum atomic E-state index is -0.0694. The van der Waals surface area contributed by atoms with Gasteiger partial charge in [-0.3, -0.25) is 0 Å². The molecule has 1 heteroatoms. The first-order chi connectivity index (χ1) is 16.2. The molecule has 0 aliphatic heterocycles. The summed E-state index contributed by atoms with van der Waals surface area (Å²) in [5.41, 5.74) is 12.0. The van der Waals surface area contributed by atoms with E-state index in [2.05, 4.69) is 137 Å². The maximum absolute atomic E-state index is 2.52. The second-order valence-corrected chi connectivity index (χ2v) is 11.0. The second kappa shape index (κ2) is 8.17. The Labute approximate surface area is 205 Å². The fourth-order valence-corrected chi connectivity index (χ4v) is 5.59. The average molecular weight is 446 g/mol. The zero-order chi connectivity index (χ0) is 24.1. The van der Waals surface area contributed by atoms with Gasteiger partial charge in [-0.05, 0) is 84.3 Å². The van der Waals surface area contributed by atoms with Crippen LogP contribution >= 0.6 is 0 Å². The molecule has 0 N–H and O–H groups in total. The van der Waals surface area contributed by atoms with Crippen LogP contribution in [0.25, 0.3) is 22.3 Å². The first-order valence-corrected chi connectivity index (χ1v) is 12.4. The van der Waals surface area contributed by atoms with Crippen molar-refractivity contribution >= 4 is 11.4 Å². The van der Waals surface area contributed by atoms with Gasteiger partial charge in [-0.2, -0.15) is 0 Å². The van der Waals surface area contributed by atoms with Gasteiger partial charge in [0.25, 0.3) is 0 Å². The molecule has 1 aliphatic rings. The summed E-state index contributed by atoms with van der Waals surface area (Å²) in [5.74, 6) is 0. The van der Waals surface area contributed by atoms with E-state index in [1.165, 1.54) is 50.3 Å². The quantitative estimate of drug-likeness (QED) is 0.303. The molecule has 5 rings (SSSR count). The molecule has 4 aromatic rings. The van der Waals surface area contributed by atoms with Crippen molar-refractivity contribution in [2.45, 2.75) is 58.9 Å². The highest BCUT2D eigenvalue weighted by Gasteiger charge is 2.37. The van der Waals surface area contributed by atoms with E-state index >= 15 is 0 Å². The molecule has 0 unspecified atom stereocenters. The zero-order valence-corrected chi connectivity index (χ0v) is 21.3. The van der Waals surface area contributed by atoms with Gasteiger partial charge in [-0.15, -0.1) is 0 Å². The number of hydrogen-bond donors (Lipinski definition) is 0. The normalized spacial score (nSPS) is 13.9. The number of benzene rings is 4. The number of fused-ring (bicyclic) bond motifs is 3. The predicted molar refractivity (Wildman–Crippen MR) is 147 cm³/mol. The first kappa shape index (κ1) is 22.5. The van der Waals surface area contributed by atoms with Gasteiger partial charge >= 0.3 is 0 Å². The van der Waals surface area contributed by atoms with Crippen molar-refractivity contribution in [2.75, 3.05) is 4.90 Å². The lowest BCUT2D eigenvalue weighted by Gasteiger charge is -2.39. The Morgan fingerprint density at radius 3 is 1.94 bits per heavy atom. The third-order valence-corrected chi connectivity index (χ3v) is 7.31. The Balaban J connectivity index is 1.66. The van der Waals surface area contributed by atoms with Gasteiger partial charge in [0.15, 0.2) is 0 Å². The summed E-state index contributed by atoms with van der Waals surface area (Å²) in [5, 5.41) is 0. The van der Waals surface area contributed by atoms with E-state index in [1.807, 2.05) is 0 Å². The monoisotopic (exact) mass is 445 g/mol. The first-order valence-electron chi connectivity index (χ1n) is 12.4. The van der Waals surface area contributed by atoms with Crippen molar-refractivity contribution in [1.29, 1.82) is 0 Å². The maximum Gasteiger partial charge on any atom is 0.0454 e. The molecule has 0 saturated carbocycles. The van der Waals surface area contributed by atoms with Crippen molar-refractivity contribution < 1.29 is 0 Å². The molecular weight excluding hydrogens is 410 g/mol. The smallest absolute Gasteiger partial charge is 0.0454 e. The third kappa shape index (κ3) is 3.64. The van der Waals surface area contributed by atoms with Crippen LogP contribution in [0, 0.1) is 0 Å². The van der Waals surface area contributed by atoms with Crippen LogP contribution in [-0.2, 0) is 11.8 Å². The number of anilines is 2. The van der Waals surface area contributed by atoms with Crippen molar-refractivity contribution in [1.82, 2.24) is 0 Å². The molecule has 34 heavy (non-hydrogen) atoms. The zero-order valence-electron chi connectivity index (χ0n) is 21.3. The molecule has 172 valence electrons. The van der Waals surface area contributed by atoms with Crippen molar-refractivity contribution in [3.8, 4) is 22.3 Å². The molecule has 0 atom stereocenters. The van der Waals surface area contributed by atoms with Gasteiger partial charge in [0.2, 0.25) is 0 Å². The summed E-state index contributed by atoms with van der Waals surface area (Å²) in [6.07, 6.45) is 1.00. The Hall–Kier alpha value is -3.32. The van der Waals surface area contributed by atoms with Gasteiger partial charge < -0.3 is 4.90 Å². The number of nitrogens with zero attached hydrogens (tertiary/aromatic N) is 1. The number of aryl methyl sites for hydroxylation is 1. The summed E-state index contributed by atoms with van der Waals surface area (Å²) in [7, 11) is 0. The maximum atomic E-state index is 2.52. The summed E-state index contributed by atoms with van der Waals surface area (Å²) in [4.78, 5) is 2.52. The molecule has 1 aliphatic carbocycles. The lowest BCUT2D eigenvalue weighted by atomic mass is 9.81. The highest BCUT2D eigenvalue weighted by Crippen LogP contribution is 2.51. The summed E-state index contributed by atoms with van der Waals surface area (Å²) < 4.78 is 0. The molecule has 0 saturated heterocycles. The molecule has 4 aromatic carbocycles. The van der Waals surface area contributed by atoms with Crippen molar-refractivity contribution in [3.05, 3.63) is 108 Å². The minimum Gasteiger partial charge on any atom is -0.336 e. The molecule has 0 spiro atoms. The van der Waals surface area contributed by atoms with E-state index in [9.17, 15) is 0 Å². The molecule has 0 amide bonds. The standard InChI is InChI=1S/C33H35N/c1-7-23-21-30-28(27-15-11-12-16-29(27)33(30,5)6)22-31(23)34(32(2,3)4)26-19-17-25(18-20-26)24-13-9-8-10-14-24/h8-22H,7H2,1-6H3. The van der Waals surface area contributed by atoms with Gasteiger partial charge in [0, 0.05) is 22.3 Å². The van der Waals surface area contributed by atoms with E-state index in [0.29, 0.717) is 0 Å². The lowest BCUT2D eigenvalue weighted by molar-refractivity contribution is 0.558. The van der Waals surface area contributed by atoms with Crippen molar-refractivity contribution in [2.24, 2.45) is 0 Å². The molecule has 0 aromatic heterocycles. The van der Waals surface area contributed by atoms with Crippen LogP contribution in [-0.4, -0.2) is 5.54 Å². The molecular formula is C33H35N. The summed E-state index contributed by atoms with van der Waals surface area (Å²) >= 11 is 0. The Morgan fingerprint density at radius 2 is 1.29 bits per heavy atom. The summed E-state index contributed by atoms with van der Waals surface area (Å²) in [6.45, 7) is 13.9. The van der Waals surface area contributed by atoms with Crippen LogP contribution in [0.1, 0.15) is 58.2 Å². The highest BCUT2D eigenvalue weighted by atomic mass is 15.2. The molecule has 0 heterocycles. The van der Waals surface area contributed by atoms with Crippen LogP contribution in [0.2, 0.25) is 0 Å². The fraction of sp³-hybridized carbons (Fsp3) is 0.273. The Kier molecular flexibility index (Phi) is 5.40. The van der Waals surface area contributed by atoms with Crippen LogP contribution in [0.3, 0.4) is 0 Å². The minimum absolute atomic E-state index is 0.0261. The molecule has 0 fully saturated rings. The summed E-state index contributed by atoms with van der Waals surface area (Å²) in [6, 6.07) is 33.5. The second-order valence-electron chi connectivity index (χ2n) is 11.0. The predicted octanol–water partition coefficient (Wildman–Crippen LogP) is 9.16. The highest BCUT2D eigenvalue weighted by molar-refractivity contribution is 5.86. The van der Waals surface area contributed by atoms with Gasteiger partial charge in [0.1, 0.15) is 0 Å². The van der Waals surface area contributed by atoms with E-state index in [-0.39, 0.29) is 11.0 Å². The topological polar surface area (TPSA) is 3.24 Å². The fourth-order valence-electron chi connectivity index (χ4n) is 5.59. The van der Waals surface area contributed by atoms with Gasteiger partial charge in [0.05, 0.1) is 0 Å². The van der Waals surface area contributed by atoms with Crippen LogP contribution in [0.4, 0.5) is 11.4 Å². The third-order valence-electron chi connectivity index (χ3n) is 7.31. The SMILES string of the molecule is CCc1cc2c(cc1N(c1ccc(-c3ccccc3)cc1)C(C)(C)C)-c1ccccc1C2(C)C. The molecule has 0 bridgehead atoms. The average Bonchev–Trinajstić information content (AvgIpc) is 3.05. The Morgan fingerprint density at radius 1 is 0.676 bits per heavy atom. The molecule has 0 radical (unpaired) electrons. The Bertz CT molecular complexity index is 1320. The van der Waals surface area contributed by atoms with Gasteiger partial charge in [-0.1, -0.05) is 93.6 Å². The van der Waals surface area contributed by atoms with Crippen LogP contribution in [0.15, 0.2) is 91.0 Å². The van der Waals surface area contributed by atoms with E-state index in [4.69, 9.17) is 0 Å². The molecule has 1 nitrogen and oxygen atoms in total. The van der Waals surface area contributed by atoms with E-state index in [0.717, 1.165) is 6.42 Å². The lowest BCUT2D eigenvalue weighted by Crippen LogP contribution is -2.38. The van der Waals surface area contributed by atoms with Gasteiger partial charge in [-0.25, -0.2) is 0 Å². The van der Waals surface area contributed by atoms with Crippen molar-refractivity contribution in [3.63, 3.8) is 0 Å². The number of hydrogen-bond acceptors (Lipinski definition) is 1. The number of rotatable bonds is 4. The van der Waals surface area contributed by atoms with Crippen LogP contribution in [0.5, 0.6) is 0 Å². The van der Waals surface area contributed by atoms with Crippen LogP contribution < -0.4 is 4.90 Å².